The standard InChI is InChI=1S/C30H41FN4O7S/c1-21-18-35(22(2)20-36)30(38)17-23-16-25(32-29(37)10-11-34-12-14-41-15-13-34)6-9-27(23)42-28(21)19-33(3)43(39,40)26-7-4-24(31)5-8-26/h4-9,16,21-22,28,36H,10-15,17-20H2,1-3H3,(H,32,37)/t21-,22-,28-/m0/s1. The molecule has 0 spiro atoms. The lowest BCUT2D eigenvalue weighted by Crippen LogP contribution is -2.48. The molecule has 2 N–H and O–H groups in total. The Morgan fingerprint density at radius 2 is 1.88 bits per heavy atom. The molecule has 0 radical (unpaired) electrons. The normalized spacial score (nSPS) is 20.9. The van der Waals surface area contributed by atoms with Gasteiger partial charge in [-0.1, -0.05) is 6.92 Å². The van der Waals surface area contributed by atoms with Gasteiger partial charge in [-0.05, 0) is 49.4 Å². The van der Waals surface area contributed by atoms with Gasteiger partial charge in [-0.2, -0.15) is 4.31 Å². The molecule has 0 aromatic heterocycles. The van der Waals surface area contributed by atoms with Crippen LogP contribution in [0.1, 0.15) is 25.8 Å². The van der Waals surface area contributed by atoms with E-state index in [1.165, 1.54) is 19.2 Å². The van der Waals surface area contributed by atoms with Crippen LogP contribution < -0.4 is 10.1 Å². The van der Waals surface area contributed by atoms with E-state index in [-0.39, 0.29) is 48.7 Å². The maximum Gasteiger partial charge on any atom is 0.242 e. The van der Waals surface area contributed by atoms with Crippen LogP contribution >= 0.6 is 0 Å². The van der Waals surface area contributed by atoms with E-state index in [1.807, 2.05) is 6.92 Å². The number of aliphatic hydroxyl groups excluding tert-OH is 1. The van der Waals surface area contributed by atoms with Crippen molar-refractivity contribution in [1.29, 1.82) is 0 Å². The van der Waals surface area contributed by atoms with E-state index in [9.17, 15) is 27.5 Å². The predicted molar refractivity (Wildman–Crippen MR) is 159 cm³/mol. The summed E-state index contributed by atoms with van der Waals surface area (Å²) in [6.07, 6.45) is -0.393. The van der Waals surface area contributed by atoms with Crippen LogP contribution in [-0.2, 0) is 30.8 Å². The minimum absolute atomic E-state index is 0.0275. The fourth-order valence-electron chi connectivity index (χ4n) is 5.17. The van der Waals surface area contributed by atoms with Gasteiger partial charge in [0.25, 0.3) is 0 Å². The number of carbonyl (C=O) groups is 2. The van der Waals surface area contributed by atoms with Gasteiger partial charge in [0.05, 0.1) is 43.7 Å². The van der Waals surface area contributed by atoms with Crippen molar-refractivity contribution in [3.8, 4) is 5.75 Å². The summed E-state index contributed by atoms with van der Waals surface area (Å²) in [5.41, 5.74) is 1.05. The Bertz CT molecular complexity index is 1370. The molecule has 2 amide bonds. The minimum atomic E-state index is -3.96. The summed E-state index contributed by atoms with van der Waals surface area (Å²) in [6, 6.07) is 9.22. The first-order valence-corrected chi connectivity index (χ1v) is 15.9. The zero-order valence-corrected chi connectivity index (χ0v) is 25.7. The van der Waals surface area contributed by atoms with Crippen LogP contribution in [-0.4, -0.2) is 111 Å². The highest BCUT2D eigenvalue weighted by Gasteiger charge is 2.33. The van der Waals surface area contributed by atoms with Crippen molar-refractivity contribution in [3.05, 3.63) is 53.8 Å². The molecule has 13 heteroatoms. The Morgan fingerprint density at radius 1 is 1.19 bits per heavy atom. The first-order valence-electron chi connectivity index (χ1n) is 14.5. The SMILES string of the molecule is C[C@H]1CN([C@@H](C)CO)C(=O)Cc2cc(NC(=O)CCN3CCOCC3)ccc2O[C@H]1CN(C)S(=O)(=O)c1ccc(F)cc1. The number of anilines is 1. The molecule has 0 bridgehead atoms. The molecule has 1 fully saturated rings. The molecular formula is C30H41FN4O7S. The molecule has 0 saturated carbocycles. The molecule has 0 unspecified atom stereocenters. The summed E-state index contributed by atoms with van der Waals surface area (Å²) in [5.74, 6) is -0.836. The predicted octanol–water partition coefficient (Wildman–Crippen LogP) is 1.96. The Balaban J connectivity index is 1.56. The molecule has 11 nitrogen and oxygen atoms in total. The molecule has 236 valence electrons. The van der Waals surface area contributed by atoms with Gasteiger partial charge < -0.3 is 24.8 Å². The first kappa shape index (κ1) is 32.8. The van der Waals surface area contributed by atoms with Crippen LogP contribution in [0.4, 0.5) is 10.1 Å². The zero-order chi connectivity index (χ0) is 31.1. The number of ether oxygens (including phenoxy) is 2. The summed E-state index contributed by atoms with van der Waals surface area (Å²) in [7, 11) is -2.53. The highest BCUT2D eigenvalue weighted by Crippen LogP contribution is 2.30. The fraction of sp³-hybridized carbons (Fsp3) is 0.533. The second-order valence-electron chi connectivity index (χ2n) is 11.2. The van der Waals surface area contributed by atoms with E-state index in [1.54, 1.807) is 30.0 Å². The summed E-state index contributed by atoms with van der Waals surface area (Å²) in [5, 5.41) is 12.8. The van der Waals surface area contributed by atoms with Gasteiger partial charge in [0.2, 0.25) is 21.8 Å². The summed E-state index contributed by atoms with van der Waals surface area (Å²) in [4.78, 5) is 29.9. The number of fused-ring (bicyclic) bond motifs is 1. The molecule has 2 aromatic rings. The maximum atomic E-state index is 13.5. The Labute approximate surface area is 252 Å². The smallest absolute Gasteiger partial charge is 0.242 e. The number of amides is 2. The second kappa shape index (κ2) is 14.6. The van der Waals surface area contributed by atoms with Crippen molar-refractivity contribution < 1.29 is 37.0 Å². The molecule has 2 aliphatic heterocycles. The Kier molecular flexibility index (Phi) is 11.1. The van der Waals surface area contributed by atoms with E-state index < -0.39 is 28.0 Å². The van der Waals surface area contributed by atoms with Crippen molar-refractivity contribution in [2.45, 2.75) is 43.7 Å². The summed E-state index contributed by atoms with van der Waals surface area (Å²) in [6.45, 7) is 7.04. The lowest BCUT2D eigenvalue weighted by Gasteiger charge is -2.33. The molecule has 2 heterocycles. The van der Waals surface area contributed by atoms with Gasteiger partial charge in [0.15, 0.2) is 0 Å². The number of hydrogen-bond donors (Lipinski definition) is 2. The number of nitrogens with zero attached hydrogens (tertiary/aromatic N) is 3. The molecule has 3 atom stereocenters. The van der Waals surface area contributed by atoms with Crippen molar-refractivity contribution in [3.63, 3.8) is 0 Å². The average molecular weight is 621 g/mol. The number of carbonyl (C=O) groups excluding carboxylic acids is 2. The Morgan fingerprint density at radius 3 is 2.56 bits per heavy atom. The Hall–Kier alpha value is -3.10. The van der Waals surface area contributed by atoms with Crippen molar-refractivity contribution in [2.24, 2.45) is 5.92 Å². The van der Waals surface area contributed by atoms with Gasteiger partial charge in [-0.15, -0.1) is 0 Å². The van der Waals surface area contributed by atoms with Crippen LogP contribution in [0.3, 0.4) is 0 Å². The van der Waals surface area contributed by atoms with E-state index in [0.29, 0.717) is 43.2 Å². The lowest BCUT2D eigenvalue weighted by atomic mass is 10.0. The molecule has 0 aliphatic carbocycles. The van der Waals surface area contributed by atoms with Crippen LogP contribution in [0.15, 0.2) is 47.4 Å². The largest absolute Gasteiger partial charge is 0.488 e. The summed E-state index contributed by atoms with van der Waals surface area (Å²) < 4.78 is 52.9. The zero-order valence-electron chi connectivity index (χ0n) is 24.9. The van der Waals surface area contributed by atoms with Crippen molar-refractivity contribution in [2.75, 3.05) is 64.9 Å². The number of rotatable bonds is 10. The molecule has 1 saturated heterocycles. The molecular weight excluding hydrogens is 579 g/mol. The number of morpholine rings is 1. The number of aliphatic hydroxyl groups is 1. The van der Waals surface area contributed by atoms with Crippen molar-refractivity contribution >= 4 is 27.5 Å². The second-order valence-corrected chi connectivity index (χ2v) is 13.2. The fourth-order valence-corrected chi connectivity index (χ4v) is 6.35. The van der Waals surface area contributed by atoms with E-state index in [0.717, 1.165) is 29.5 Å². The van der Waals surface area contributed by atoms with Crippen LogP contribution in [0.2, 0.25) is 0 Å². The number of nitrogens with one attached hydrogen (secondary N) is 1. The molecule has 2 aliphatic rings. The number of likely N-dealkylation sites (N-methyl/N-ethyl adjacent to an activating group) is 1. The number of hydrogen-bond acceptors (Lipinski definition) is 8. The third kappa shape index (κ3) is 8.51. The van der Waals surface area contributed by atoms with Gasteiger partial charge in [0.1, 0.15) is 17.7 Å². The van der Waals surface area contributed by atoms with Crippen molar-refractivity contribution in [1.82, 2.24) is 14.1 Å². The van der Waals surface area contributed by atoms with Gasteiger partial charge in [-0.25, -0.2) is 12.8 Å². The van der Waals surface area contributed by atoms with Gasteiger partial charge in [-0.3, -0.25) is 14.5 Å². The average Bonchev–Trinajstić information content (AvgIpc) is 3.03. The number of benzene rings is 2. The third-order valence-electron chi connectivity index (χ3n) is 7.92. The van der Waals surface area contributed by atoms with E-state index in [2.05, 4.69) is 10.2 Å². The van der Waals surface area contributed by atoms with E-state index in [4.69, 9.17) is 9.47 Å². The minimum Gasteiger partial charge on any atom is -0.488 e. The highest BCUT2D eigenvalue weighted by atomic mass is 32.2. The highest BCUT2D eigenvalue weighted by molar-refractivity contribution is 7.89. The van der Waals surface area contributed by atoms with E-state index >= 15 is 0 Å². The third-order valence-corrected chi connectivity index (χ3v) is 9.76. The van der Waals surface area contributed by atoms with Gasteiger partial charge >= 0.3 is 0 Å². The molecule has 4 rings (SSSR count). The molecule has 43 heavy (non-hydrogen) atoms. The quantitative estimate of drug-likeness (QED) is 0.413. The van der Waals surface area contributed by atoms with Crippen LogP contribution in [0.25, 0.3) is 0 Å². The molecule has 2 aromatic carbocycles. The monoisotopic (exact) mass is 620 g/mol. The van der Waals surface area contributed by atoms with Crippen LogP contribution in [0, 0.1) is 11.7 Å². The lowest BCUT2D eigenvalue weighted by molar-refractivity contribution is -0.134. The first-order chi connectivity index (χ1) is 20.5. The topological polar surface area (TPSA) is 129 Å². The van der Waals surface area contributed by atoms with Crippen LogP contribution in [0.5, 0.6) is 5.75 Å². The maximum absolute atomic E-state index is 13.5. The summed E-state index contributed by atoms with van der Waals surface area (Å²) >= 11 is 0. The number of sulfonamides is 1. The number of halogens is 1. The van der Waals surface area contributed by atoms with Gasteiger partial charge in [0, 0.05) is 56.8 Å².